The molecule has 9 heteroatoms. The molecule has 122 valence electrons. The first-order chi connectivity index (χ1) is 10.7. The van der Waals surface area contributed by atoms with Crippen molar-refractivity contribution in [3.05, 3.63) is 40.6 Å². The molecule has 0 bridgehead atoms. The van der Waals surface area contributed by atoms with Gasteiger partial charge < -0.3 is 5.32 Å². The summed E-state index contributed by atoms with van der Waals surface area (Å²) in [5, 5.41) is 3.43. The molecule has 2 aromatic rings. The van der Waals surface area contributed by atoms with Gasteiger partial charge in [-0.05, 0) is 12.1 Å². The highest BCUT2D eigenvalue weighted by molar-refractivity contribution is 7.91. The standard InChI is InChI=1S/C14H10F3NO3S2/c15-14(16,17)9-6-11(19)18-12-10(7-22-13(9)12)23(20,21)8-4-2-1-3-5-8/h1-5,7,9H,6H2,(H,18,19)/t9-/m1/s1. The van der Waals surface area contributed by atoms with Crippen molar-refractivity contribution >= 4 is 32.8 Å². The number of amides is 1. The minimum Gasteiger partial charge on any atom is -0.324 e. The van der Waals surface area contributed by atoms with Gasteiger partial charge in [0.1, 0.15) is 10.8 Å². The van der Waals surface area contributed by atoms with E-state index in [-0.39, 0.29) is 20.4 Å². The molecule has 2 heterocycles. The number of hydrogen-bond donors (Lipinski definition) is 1. The molecule has 4 nitrogen and oxygen atoms in total. The average molecular weight is 361 g/mol. The highest BCUT2D eigenvalue weighted by Crippen LogP contribution is 2.49. The zero-order chi connectivity index (χ0) is 16.8. The van der Waals surface area contributed by atoms with Crippen LogP contribution in [0.4, 0.5) is 18.9 Å². The highest BCUT2D eigenvalue weighted by atomic mass is 32.2. The molecule has 1 aromatic carbocycles. The second-order valence-corrected chi connectivity index (χ2v) is 7.83. The number of fused-ring (bicyclic) bond motifs is 1. The van der Waals surface area contributed by atoms with Crippen molar-refractivity contribution in [1.82, 2.24) is 0 Å². The van der Waals surface area contributed by atoms with Gasteiger partial charge in [0, 0.05) is 16.7 Å². The summed E-state index contributed by atoms with van der Waals surface area (Å²) in [6, 6.07) is 7.37. The van der Waals surface area contributed by atoms with E-state index in [2.05, 4.69) is 5.32 Å². The lowest BCUT2D eigenvalue weighted by Gasteiger charge is -2.25. The van der Waals surface area contributed by atoms with E-state index in [0.29, 0.717) is 11.3 Å². The summed E-state index contributed by atoms with van der Waals surface area (Å²) in [5.74, 6) is -2.82. The lowest BCUT2D eigenvalue weighted by atomic mass is 9.98. The summed E-state index contributed by atoms with van der Waals surface area (Å²) in [6.07, 6.45) is -5.34. The maximum Gasteiger partial charge on any atom is 0.397 e. The van der Waals surface area contributed by atoms with Crippen molar-refractivity contribution in [3.8, 4) is 0 Å². The van der Waals surface area contributed by atoms with Crippen molar-refractivity contribution in [2.24, 2.45) is 0 Å². The molecular weight excluding hydrogens is 351 g/mol. The molecule has 0 saturated carbocycles. The van der Waals surface area contributed by atoms with Crippen molar-refractivity contribution in [1.29, 1.82) is 0 Å². The minimum absolute atomic E-state index is 0.0380. The van der Waals surface area contributed by atoms with E-state index in [0.717, 1.165) is 5.38 Å². The second-order valence-electron chi connectivity index (χ2n) is 5.00. The lowest BCUT2D eigenvalue weighted by Crippen LogP contribution is -2.31. The van der Waals surface area contributed by atoms with Crippen LogP contribution in [-0.2, 0) is 14.6 Å². The molecular formula is C14H10F3NO3S2. The summed E-state index contributed by atoms with van der Waals surface area (Å²) >= 11 is 0.697. The molecule has 1 N–H and O–H groups in total. The number of anilines is 1. The highest BCUT2D eigenvalue weighted by Gasteiger charge is 2.47. The number of carbonyl (C=O) groups excluding carboxylic acids is 1. The number of alkyl halides is 3. The number of thiophene rings is 1. The third-order valence-electron chi connectivity index (χ3n) is 3.49. The third-order valence-corrected chi connectivity index (χ3v) is 6.53. The van der Waals surface area contributed by atoms with Crippen LogP contribution in [0.3, 0.4) is 0 Å². The van der Waals surface area contributed by atoms with E-state index in [1.165, 1.54) is 24.3 Å². The first-order valence-electron chi connectivity index (χ1n) is 6.49. The van der Waals surface area contributed by atoms with E-state index in [4.69, 9.17) is 0 Å². The SMILES string of the molecule is O=C1C[C@@H](C(F)(F)F)c2scc(S(=O)(=O)c3ccccc3)c2N1. The number of nitrogens with one attached hydrogen (secondary N) is 1. The van der Waals surface area contributed by atoms with Gasteiger partial charge >= 0.3 is 6.18 Å². The molecule has 0 aliphatic carbocycles. The molecule has 23 heavy (non-hydrogen) atoms. The largest absolute Gasteiger partial charge is 0.397 e. The zero-order valence-electron chi connectivity index (χ0n) is 11.4. The van der Waals surface area contributed by atoms with E-state index in [1.54, 1.807) is 6.07 Å². The Hall–Kier alpha value is -1.87. The van der Waals surface area contributed by atoms with Gasteiger partial charge in [0.05, 0.1) is 10.6 Å². The predicted molar refractivity (Wildman–Crippen MR) is 78.3 cm³/mol. The number of benzene rings is 1. The molecule has 0 radical (unpaired) electrons. The fraction of sp³-hybridized carbons (Fsp3) is 0.214. The Morgan fingerprint density at radius 3 is 2.43 bits per heavy atom. The molecule has 1 amide bonds. The Morgan fingerprint density at radius 1 is 1.17 bits per heavy atom. The number of rotatable bonds is 2. The number of halogens is 3. The van der Waals surface area contributed by atoms with E-state index in [1.807, 2.05) is 0 Å². The van der Waals surface area contributed by atoms with Gasteiger partial charge in [-0.1, -0.05) is 18.2 Å². The normalized spacial score (nSPS) is 18.4. The fourth-order valence-corrected chi connectivity index (χ4v) is 5.32. The first kappa shape index (κ1) is 16.0. The monoisotopic (exact) mass is 361 g/mol. The fourth-order valence-electron chi connectivity index (χ4n) is 2.39. The van der Waals surface area contributed by atoms with Crippen LogP contribution in [0, 0.1) is 0 Å². The summed E-state index contributed by atoms with van der Waals surface area (Å²) in [4.78, 5) is 11.1. The summed E-state index contributed by atoms with van der Waals surface area (Å²) < 4.78 is 64.5. The Balaban J connectivity index is 2.15. The summed E-state index contributed by atoms with van der Waals surface area (Å²) in [6.45, 7) is 0. The predicted octanol–water partition coefficient (Wildman–Crippen LogP) is 3.57. The molecule has 1 atom stereocenters. The molecule has 1 aliphatic heterocycles. The molecule has 0 spiro atoms. The maximum atomic E-state index is 13.1. The number of hydrogen-bond acceptors (Lipinski definition) is 4. The maximum absolute atomic E-state index is 13.1. The lowest BCUT2D eigenvalue weighted by molar-refractivity contribution is -0.156. The molecule has 1 aliphatic rings. The van der Waals surface area contributed by atoms with Crippen LogP contribution >= 0.6 is 11.3 Å². The van der Waals surface area contributed by atoms with E-state index in [9.17, 15) is 26.4 Å². The van der Waals surface area contributed by atoms with Gasteiger partial charge in [-0.2, -0.15) is 13.2 Å². The van der Waals surface area contributed by atoms with Crippen LogP contribution in [0.5, 0.6) is 0 Å². The molecule has 0 saturated heterocycles. The van der Waals surface area contributed by atoms with Crippen LogP contribution in [-0.4, -0.2) is 20.5 Å². The van der Waals surface area contributed by atoms with Gasteiger partial charge in [0.2, 0.25) is 15.7 Å². The number of sulfone groups is 1. The molecule has 3 rings (SSSR count). The van der Waals surface area contributed by atoms with Crippen LogP contribution in [0.25, 0.3) is 0 Å². The second kappa shape index (κ2) is 5.34. The summed E-state index contributed by atoms with van der Waals surface area (Å²) in [5.41, 5.74) is -0.252. The zero-order valence-corrected chi connectivity index (χ0v) is 13.1. The van der Waals surface area contributed by atoms with Crippen molar-refractivity contribution in [3.63, 3.8) is 0 Å². The van der Waals surface area contributed by atoms with Crippen LogP contribution < -0.4 is 5.32 Å². The van der Waals surface area contributed by atoms with Crippen molar-refractivity contribution in [2.45, 2.75) is 28.3 Å². The van der Waals surface area contributed by atoms with Gasteiger partial charge in [0.25, 0.3) is 0 Å². The van der Waals surface area contributed by atoms with Gasteiger partial charge in [-0.3, -0.25) is 4.79 Å². The van der Waals surface area contributed by atoms with Crippen molar-refractivity contribution in [2.75, 3.05) is 5.32 Å². The van der Waals surface area contributed by atoms with E-state index >= 15 is 0 Å². The average Bonchev–Trinajstić information content (AvgIpc) is 2.90. The van der Waals surface area contributed by atoms with E-state index < -0.39 is 34.3 Å². The van der Waals surface area contributed by atoms with Gasteiger partial charge in [-0.25, -0.2) is 8.42 Å². The Bertz CT molecular complexity index is 857. The van der Waals surface area contributed by atoms with Crippen LogP contribution in [0.15, 0.2) is 45.5 Å². The summed E-state index contributed by atoms with van der Waals surface area (Å²) in [7, 11) is -4.00. The van der Waals surface area contributed by atoms with Gasteiger partial charge in [-0.15, -0.1) is 11.3 Å². The molecule has 0 unspecified atom stereocenters. The Kier molecular flexibility index (Phi) is 3.72. The quantitative estimate of drug-likeness (QED) is 0.889. The third kappa shape index (κ3) is 2.74. The van der Waals surface area contributed by atoms with Crippen LogP contribution in [0.1, 0.15) is 17.2 Å². The van der Waals surface area contributed by atoms with Crippen LogP contribution in [0.2, 0.25) is 0 Å². The topological polar surface area (TPSA) is 63.2 Å². The van der Waals surface area contributed by atoms with Crippen molar-refractivity contribution < 1.29 is 26.4 Å². The van der Waals surface area contributed by atoms with Gasteiger partial charge in [0.15, 0.2) is 0 Å². The molecule has 1 aromatic heterocycles. The minimum atomic E-state index is -4.61. The molecule has 0 fully saturated rings. The Labute approximate surface area is 133 Å². The smallest absolute Gasteiger partial charge is 0.324 e. The first-order valence-corrected chi connectivity index (χ1v) is 8.85. The Morgan fingerprint density at radius 2 is 1.83 bits per heavy atom. The number of carbonyl (C=O) groups is 1.